The Morgan fingerprint density at radius 2 is 1.52 bits per heavy atom. The lowest BCUT2D eigenvalue weighted by molar-refractivity contribution is 0.627. The van der Waals surface area contributed by atoms with Gasteiger partial charge in [0, 0.05) is 15.5 Å². The maximum Gasteiger partial charge on any atom is 0.123 e. The minimum absolute atomic E-state index is 0.228. The van der Waals surface area contributed by atoms with Crippen molar-refractivity contribution in [1.29, 1.82) is 0 Å². The summed E-state index contributed by atoms with van der Waals surface area (Å²) in [6.45, 7) is 0. The molecule has 0 aliphatic heterocycles. The van der Waals surface area contributed by atoms with Gasteiger partial charge >= 0.3 is 0 Å². The molecule has 0 bridgehead atoms. The van der Waals surface area contributed by atoms with E-state index in [1.165, 1.54) is 12.1 Å². The molecule has 0 amide bonds. The Labute approximate surface area is 142 Å². The molecule has 0 spiro atoms. The standard InChI is InChI=1S/C20H13BrFN/c21-16-6-11-19-15(12-16)13-20(14-4-2-1-3-5-14)23(19)18-9-7-17(22)8-10-18/h1-13H. The van der Waals surface area contributed by atoms with Gasteiger partial charge in [-0.25, -0.2) is 4.39 Å². The number of fused-ring (bicyclic) bond motifs is 1. The van der Waals surface area contributed by atoms with Gasteiger partial charge in [0.1, 0.15) is 5.82 Å². The molecule has 0 aliphatic carbocycles. The van der Waals surface area contributed by atoms with Gasteiger partial charge in [-0.2, -0.15) is 0 Å². The second-order valence-corrected chi connectivity index (χ2v) is 6.33. The van der Waals surface area contributed by atoms with Crippen LogP contribution in [0.25, 0.3) is 27.8 Å². The van der Waals surface area contributed by atoms with Gasteiger partial charge in [0.25, 0.3) is 0 Å². The van der Waals surface area contributed by atoms with E-state index in [0.29, 0.717) is 0 Å². The third kappa shape index (κ3) is 2.57. The number of benzene rings is 3. The van der Waals surface area contributed by atoms with Crippen LogP contribution in [0.5, 0.6) is 0 Å². The van der Waals surface area contributed by atoms with Gasteiger partial charge in [-0.3, -0.25) is 0 Å². The SMILES string of the molecule is Fc1ccc(-n2c(-c3ccccc3)cc3cc(Br)ccc32)cc1. The highest BCUT2D eigenvalue weighted by Crippen LogP contribution is 2.32. The fourth-order valence-electron chi connectivity index (χ4n) is 2.88. The molecule has 0 N–H and O–H groups in total. The second-order valence-electron chi connectivity index (χ2n) is 5.41. The quantitative estimate of drug-likeness (QED) is 0.398. The van der Waals surface area contributed by atoms with Crippen LogP contribution >= 0.6 is 15.9 Å². The Bertz CT molecular complexity index is 972. The molecular weight excluding hydrogens is 353 g/mol. The van der Waals surface area contributed by atoms with E-state index in [-0.39, 0.29) is 5.82 Å². The Morgan fingerprint density at radius 3 is 2.26 bits per heavy atom. The summed E-state index contributed by atoms with van der Waals surface area (Å²) in [6.07, 6.45) is 0. The van der Waals surface area contributed by atoms with E-state index in [1.807, 2.05) is 36.4 Å². The van der Waals surface area contributed by atoms with Gasteiger partial charge in [0.2, 0.25) is 0 Å². The Balaban J connectivity index is 2.05. The van der Waals surface area contributed by atoms with Crippen molar-refractivity contribution in [3.8, 4) is 16.9 Å². The summed E-state index contributed by atoms with van der Waals surface area (Å²) in [5.41, 5.74) is 4.26. The van der Waals surface area contributed by atoms with Crippen molar-refractivity contribution in [2.75, 3.05) is 0 Å². The third-order valence-electron chi connectivity index (χ3n) is 3.92. The van der Waals surface area contributed by atoms with E-state index in [9.17, 15) is 4.39 Å². The van der Waals surface area contributed by atoms with E-state index >= 15 is 0 Å². The molecule has 3 aromatic carbocycles. The summed E-state index contributed by atoms with van der Waals surface area (Å²) in [5, 5.41) is 1.14. The van der Waals surface area contributed by atoms with E-state index < -0.39 is 0 Å². The maximum absolute atomic E-state index is 13.3. The molecule has 0 aliphatic rings. The highest BCUT2D eigenvalue weighted by Gasteiger charge is 2.12. The third-order valence-corrected chi connectivity index (χ3v) is 4.41. The lowest BCUT2D eigenvalue weighted by Gasteiger charge is -2.11. The van der Waals surface area contributed by atoms with Crippen LogP contribution in [-0.2, 0) is 0 Å². The van der Waals surface area contributed by atoms with Crippen molar-refractivity contribution in [3.05, 3.63) is 89.2 Å². The molecule has 4 aromatic rings. The summed E-state index contributed by atoms with van der Waals surface area (Å²) in [6, 6.07) is 25.2. The van der Waals surface area contributed by atoms with Gasteiger partial charge in [-0.15, -0.1) is 0 Å². The van der Waals surface area contributed by atoms with E-state index in [4.69, 9.17) is 0 Å². The van der Waals surface area contributed by atoms with Gasteiger partial charge in [0.05, 0.1) is 11.2 Å². The first-order valence-corrected chi connectivity index (χ1v) is 8.14. The topological polar surface area (TPSA) is 4.93 Å². The van der Waals surface area contributed by atoms with Crippen molar-refractivity contribution in [3.63, 3.8) is 0 Å². The molecule has 23 heavy (non-hydrogen) atoms. The molecule has 0 fully saturated rings. The predicted molar refractivity (Wildman–Crippen MR) is 96.4 cm³/mol. The highest BCUT2D eigenvalue weighted by molar-refractivity contribution is 9.10. The van der Waals surface area contributed by atoms with Crippen LogP contribution in [0.2, 0.25) is 0 Å². The first-order chi connectivity index (χ1) is 11.2. The van der Waals surface area contributed by atoms with Gasteiger partial charge in [0.15, 0.2) is 0 Å². The number of nitrogens with zero attached hydrogens (tertiary/aromatic N) is 1. The van der Waals surface area contributed by atoms with Gasteiger partial charge in [-0.05, 0) is 54.1 Å². The van der Waals surface area contributed by atoms with Gasteiger partial charge < -0.3 is 4.57 Å². The number of hydrogen-bond donors (Lipinski definition) is 0. The minimum atomic E-state index is -0.228. The molecule has 0 unspecified atom stereocenters. The summed E-state index contributed by atoms with van der Waals surface area (Å²) in [5.74, 6) is -0.228. The lowest BCUT2D eigenvalue weighted by atomic mass is 10.1. The van der Waals surface area contributed by atoms with Crippen LogP contribution in [0.15, 0.2) is 83.3 Å². The monoisotopic (exact) mass is 365 g/mol. The first-order valence-electron chi connectivity index (χ1n) is 7.35. The van der Waals surface area contributed by atoms with Crippen LogP contribution in [-0.4, -0.2) is 4.57 Å². The summed E-state index contributed by atoms with van der Waals surface area (Å²) in [7, 11) is 0. The zero-order chi connectivity index (χ0) is 15.8. The van der Waals surface area contributed by atoms with Crippen molar-refractivity contribution in [2.45, 2.75) is 0 Å². The predicted octanol–water partition coefficient (Wildman–Crippen LogP) is 6.20. The molecule has 4 rings (SSSR count). The summed E-state index contributed by atoms with van der Waals surface area (Å²) < 4.78 is 16.5. The zero-order valence-corrected chi connectivity index (χ0v) is 13.8. The first kappa shape index (κ1) is 14.2. The molecule has 1 heterocycles. The molecule has 112 valence electrons. The summed E-state index contributed by atoms with van der Waals surface area (Å²) >= 11 is 3.53. The molecule has 1 nitrogen and oxygen atoms in total. The number of hydrogen-bond acceptors (Lipinski definition) is 0. The molecule has 3 heteroatoms. The smallest absolute Gasteiger partial charge is 0.123 e. The van der Waals surface area contributed by atoms with Gasteiger partial charge in [-0.1, -0.05) is 46.3 Å². The lowest BCUT2D eigenvalue weighted by Crippen LogP contribution is -1.96. The van der Waals surface area contributed by atoms with Crippen molar-refractivity contribution in [1.82, 2.24) is 4.57 Å². The highest BCUT2D eigenvalue weighted by atomic mass is 79.9. The van der Waals surface area contributed by atoms with Crippen molar-refractivity contribution in [2.24, 2.45) is 0 Å². The molecule has 1 aromatic heterocycles. The molecule has 0 atom stereocenters. The Morgan fingerprint density at radius 1 is 0.783 bits per heavy atom. The minimum Gasteiger partial charge on any atom is -0.309 e. The molecular formula is C20H13BrFN. The molecule has 0 saturated heterocycles. The van der Waals surface area contributed by atoms with Crippen molar-refractivity contribution >= 4 is 26.8 Å². The molecule has 0 saturated carbocycles. The maximum atomic E-state index is 13.3. The van der Waals surface area contributed by atoms with Crippen LogP contribution in [0.4, 0.5) is 4.39 Å². The fourth-order valence-corrected chi connectivity index (χ4v) is 3.25. The Hall–Kier alpha value is -2.39. The number of halogens is 2. The zero-order valence-electron chi connectivity index (χ0n) is 12.2. The average Bonchev–Trinajstić information content (AvgIpc) is 2.95. The fraction of sp³-hybridized carbons (Fsp3) is 0. The average molecular weight is 366 g/mol. The van der Waals surface area contributed by atoms with Crippen LogP contribution in [0.3, 0.4) is 0 Å². The van der Waals surface area contributed by atoms with Crippen molar-refractivity contribution < 1.29 is 4.39 Å². The van der Waals surface area contributed by atoms with Crippen LogP contribution < -0.4 is 0 Å². The van der Waals surface area contributed by atoms with E-state index in [0.717, 1.165) is 32.3 Å². The largest absolute Gasteiger partial charge is 0.309 e. The summed E-state index contributed by atoms with van der Waals surface area (Å²) in [4.78, 5) is 0. The molecule has 0 radical (unpaired) electrons. The second kappa shape index (κ2) is 5.67. The Kier molecular flexibility index (Phi) is 3.50. The van der Waals surface area contributed by atoms with E-state index in [1.54, 1.807) is 0 Å². The normalized spacial score (nSPS) is 11.0. The van der Waals surface area contributed by atoms with Crippen LogP contribution in [0, 0.1) is 5.82 Å². The number of aromatic nitrogens is 1. The van der Waals surface area contributed by atoms with Crippen LogP contribution in [0.1, 0.15) is 0 Å². The number of rotatable bonds is 2. The van der Waals surface area contributed by atoms with E-state index in [2.05, 4.69) is 50.8 Å².